The molecule has 1 N–H and O–H groups in total. The van der Waals surface area contributed by atoms with Crippen molar-refractivity contribution >= 4 is 0 Å². The van der Waals surface area contributed by atoms with Gasteiger partial charge in [0.05, 0.1) is 18.9 Å². The molecule has 96 valence electrons. The Hall–Kier alpha value is -1.81. The second kappa shape index (κ2) is 5.69. The zero-order valence-electron chi connectivity index (χ0n) is 10.7. The molecule has 0 spiro atoms. The monoisotopic (exact) mass is 246 g/mol. The summed E-state index contributed by atoms with van der Waals surface area (Å²) >= 11 is 0. The summed E-state index contributed by atoms with van der Waals surface area (Å²) in [5.41, 5.74) is 1.91. The topological polar surface area (TPSA) is 47.3 Å². The van der Waals surface area contributed by atoms with Crippen LogP contribution in [0.3, 0.4) is 0 Å². The number of methoxy groups -OCH3 is 1. The third-order valence-corrected chi connectivity index (χ3v) is 2.94. The van der Waals surface area contributed by atoms with Crippen LogP contribution in [-0.2, 0) is 13.5 Å². The first-order valence-corrected chi connectivity index (χ1v) is 5.99. The molecule has 0 saturated carbocycles. The van der Waals surface area contributed by atoms with E-state index >= 15 is 0 Å². The Morgan fingerprint density at radius 1 is 1.28 bits per heavy atom. The molecule has 1 unspecified atom stereocenters. The maximum Gasteiger partial charge on any atom is 0.118 e. The van der Waals surface area contributed by atoms with Crippen LogP contribution in [0.2, 0.25) is 0 Å². The molecule has 0 amide bonds. The number of aromatic nitrogens is 2. The van der Waals surface area contributed by atoms with Gasteiger partial charge >= 0.3 is 0 Å². The van der Waals surface area contributed by atoms with Crippen molar-refractivity contribution in [3.8, 4) is 5.75 Å². The Labute approximate surface area is 107 Å². The van der Waals surface area contributed by atoms with Gasteiger partial charge in [-0.25, -0.2) is 0 Å². The minimum absolute atomic E-state index is 0.506. The normalized spacial score (nSPS) is 12.4. The second-order valence-electron chi connectivity index (χ2n) is 4.32. The van der Waals surface area contributed by atoms with Crippen molar-refractivity contribution in [1.29, 1.82) is 0 Å². The van der Waals surface area contributed by atoms with E-state index in [0.717, 1.165) is 17.9 Å². The van der Waals surface area contributed by atoms with Gasteiger partial charge in [0.25, 0.3) is 0 Å². The fraction of sp³-hybridized carbons (Fsp3) is 0.357. The molecule has 0 radical (unpaired) electrons. The highest BCUT2D eigenvalue weighted by Crippen LogP contribution is 2.18. The summed E-state index contributed by atoms with van der Waals surface area (Å²) in [4.78, 5) is 0. The molecule has 0 aliphatic rings. The molecule has 1 aromatic carbocycles. The molecule has 4 heteroatoms. The lowest BCUT2D eigenvalue weighted by atomic mass is 10.1. The quantitative estimate of drug-likeness (QED) is 0.878. The molecule has 0 aliphatic carbocycles. The zero-order chi connectivity index (χ0) is 13.0. The van der Waals surface area contributed by atoms with Crippen molar-refractivity contribution in [2.24, 2.45) is 7.05 Å². The summed E-state index contributed by atoms with van der Waals surface area (Å²) < 4.78 is 6.81. The van der Waals surface area contributed by atoms with Crippen molar-refractivity contribution in [1.82, 2.24) is 9.78 Å². The van der Waals surface area contributed by atoms with Crippen LogP contribution in [0.5, 0.6) is 5.75 Å². The van der Waals surface area contributed by atoms with Crippen LogP contribution in [0.4, 0.5) is 0 Å². The maximum atomic E-state index is 10.00. The van der Waals surface area contributed by atoms with Gasteiger partial charge in [0.15, 0.2) is 0 Å². The Morgan fingerprint density at radius 2 is 2.00 bits per heavy atom. The van der Waals surface area contributed by atoms with Crippen LogP contribution in [0.15, 0.2) is 36.5 Å². The molecule has 0 bridgehead atoms. The number of aliphatic hydroxyl groups is 1. The number of rotatable bonds is 5. The highest BCUT2D eigenvalue weighted by Gasteiger charge is 2.10. The van der Waals surface area contributed by atoms with E-state index in [2.05, 4.69) is 5.10 Å². The van der Waals surface area contributed by atoms with Crippen molar-refractivity contribution in [2.75, 3.05) is 7.11 Å². The Balaban J connectivity index is 1.90. The number of aliphatic hydroxyl groups excluding tert-OH is 1. The van der Waals surface area contributed by atoms with Gasteiger partial charge in [-0.3, -0.25) is 4.68 Å². The van der Waals surface area contributed by atoms with Gasteiger partial charge < -0.3 is 9.84 Å². The van der Waals surface area contributed by atoms with Gasteiger partial charge in [-0.1, -0.05) is 12.1 Å². The first kappa shape index (κ1) is 12.6. The van der Waals surface area contributed by atoms with Crippen LogP contribution in [0, 0.1) is 0 Å². The van der Waals surface area contributed by atoms with Crippen LogP contribution in [0.1, 0.15) is 23.8 Å². The summed E-state index contributed by atoms with van der Waals surface area (Å²) in [7, 11) is 3.50. The fourth-order valence-electron chi connectivity index (χ4n) is 1.85. The SMILES string of the molecule is COc1ccc(CCC(O)c2ccn(C)n2)cc1. The van der Waals surface area contributed by atoms with Crippen LogP contribution in [-0.4, -0.2) is 22.0 Å². The van der Waals surface area contributed by atoms with Gasteiger partial charge in [-0.2, -0.15) is 5.10 Å². The molecule has 2 rings (SSSR count). The Morgan fingerprint density at radius 3 is 2.56 bits per heavy atom. The lowest BCUT2D eigenvalue weighted by Crippen LogP contribution is -2.01. The molecule has 1 heterocycles. The lowest BCUT2D eigenvalue weighted by Gasteiger charge is -2.08. The standard InChI is InChI=1S/C14H18N2O2/c1-16-10-9-13(15-16)14(17)8-5-11-3-6-12(18-2)7-4-11/h3-4,6-7,9-10,14,17H,5,8H2,1-2H3. The van der Waals surface area contributed by atoms with Crippen LogP contribution >= 0.6 is 0 Å². The van der Waals surface area contributed by atoms with E-state index in [9.17, 15) is 5.11 Å². The lowest BCUT2D eigenvalue weighted by molar-refractivity contribution is 0.162. The number of aryl methyl sites for hydroxylation is 2. The van der Waals surface area contributed by atoms with Crippen LogP contribution in [0.25, 0.3) is 0 Å². The summed E-state index contributed by atoms with van der Waals surface area (Å²) in [6, 6.07) is 9.75. The first-order valence-electron chi connectivity index (χ1n) is 5.99. The van der Waals surface area contributed by atoms with Crippen molar-refractivity contribution < 1.29 is 9.84 Å². The predicted octanol–water partition coefficient (Wildman–Crippen LogP) is 2.09. The van der Waals surface area contributed by atoms with Crippen molar-refractivity contribution in [2.45, 2.75) is 18.9 Å². The average molecular weight is 246 g/mol. The van der Waals surface area contributed by atoms with E-state index in [4.69, 9.17) is 4.74 Å². The largest absolute Gasteiger partial charge is 0.497 e. The Bertz CT molecular complexity index is 491. The number of ether oxygens (including phenoxy) is 1. The molecule has 1 aromatic heterocycles. The highest BCUT2D eigenvalue weighted by atomic mass is 16.5. The van der Waals surface area contributed by atoms with E-state index < -0.39 is 6.10 Å². The van der Waals surface area contributed by atoms with Crippen molar-refractivity contribution in [3.63, 3.8) is 0 Å². The van der Waals surface area contributed by atoms with E-state index in [1.54, 1.807) is 11.8 Å². The highest BCUT2D eigenvalue weighted by molar-refractivity contribution is 5.27. The summed E-state index contributed by atoms with van der Waals surface area (Å²) in [6.07, 6.45) is 2.82. The summed E-state index contributed by atoms with van der Waals surface area (Å²) in [6.45, 7) is 0. The summed E-state index contributed by atoms with van der Waals surface area (Å²) in [5, 5.41) is 14.2. The number of benzene rings is 1. The molecule has 18 heavy (non-hydrogen) atoms. The third kappa shape index (κ3) is 3.11. The Kier molecular flexibility index (Phi) is 3.99. The van der Waals surface area contributed by atoms with E-state index in [-0.39, 0.29) is 0 Å². The first-order chi connectivity index (χ1) is 8.69. The number of hydrogen-bond acceptors (Lipinski definition) is 3. The van der Waals surface area contributed by atoms with Gasteiger partial charge in [0, 0.05) is 13.2 Å². The van der Waals surface area contributed by atoms with Crippen LogP contribution < -0.4 is 4.74 Å². The van der Waals surface area contributed by atoms with Gasteiger partial charge in [-0.15, -0.1) is 0 Å². The van der Waals surface area contributed by atoms with Gasteiger partial charge in [-0.05, 0) is 36.6 Å². The molecule has 2 aromatic rings. The smallest absolute Gasteiger partial charge is 0.118 e. The zero-order valence-corrected chi connectivity index (χ0v) is 10.7. The molecular formula is C14H18N2O2. The second-order valence-corrected chi connectivity index (χ2v) is 4.32. The van der Waals surface area contributed by atoms with E-state index in [1.807, 2.05) is 43.6 Å². The van der Waals surface area contributed by atoms with Gasteiger partial charge in [0.2, 0.25) is 0 Å². The molecule has 0 saturated heterocycles. The fourth-order valence-corrected chi connectivity index (χ4v) is 1.85. The molecule has 1 atom stereocenters. The van der Waals surface area contributed by atoms with E-state index in [0.29, 0.717) is 6.42 Å². The summed E-state index contributed by atoms with van der Waals surface area (Å²) in [5.74, 6) is 0.851. The molecule has 4 nitrogen and oxygen atoms in total. The number of hydrogen-bond donors (Lipinski definition) is 1. The minimum Gasteiger partial charge on any atom is -0.497 e. The molecular weight excluding hydrogens is 228 g/mol. The maximum absolute atomic E-state index is 10.00. The predicted molar refractivity (Wildman–Crippen MR) is 69.5 cm³/mol. The number of nitrogens with zero attached hydrogens (tertiary/aromatic N) is 2. The molecule has 0 fully saturated rings. The minimum atomic E-state index is -0.506. The third-order valence-electron chi connectivity index (χ3n) is 2.94. The molecule has 0 aliphatic heterocycles. The van der Waals surface area contributed by atoms with Gasteiger partial charge in [0.1, 0.15) is 5.75 Å². The van der Waals surface area contributed by atoms with E-state index in [1.165, 1.54) is 5.56 Å². The average Bonchev–Trinajstić information content (AvgIpc) is 2.83. The van der Waals surface area contributed by atoms with Crippen molar-refractivity contribution in [3.05, 3.63) is 47.8 Å².